The van der Waals surface area contributed by atoms with Gasteiger partial charge in [0.2, 0.25) is 0 Å². The minimum Gasteiger partial charge on any atom is -0.497 e. The van der Waals surface area contributed by atoms with Crippen molar-refractivity contribution in [1.29, 1.82) is 0 Å². The molecule has 3 aromatic carbocycles. The molecule has 0 radical (unpaired) electrons. The molecule has 0 saturated heterocycles. The number of rotatable bonds is 10. The topological polar surface area (TPSA) is 55.4 Å². The van der Waals surface area contributed by atoms with Crippen LogP contribution in [0.3, 0.4) is 0 Å². The van der Waals surface area contributed by atoms with Crippen molar-refractivity contribution in [3.63, 3.8) is 0 Å². The lowest BCUT2D eigenvalue weighted by atomic mass is 10.2. The maximum atomic E-state index is 5.92. The van der Waals surface area contributed by atoms with E-state index in [1.165, 1.54) is 0 Å². The summed E-state index contributed by atoms with van der Waals surface area (Å²) < 4.78 is 33.0. The molecular formula is C24H26O6. The van der Waals surface area contributed by atoms with E-state index in [0.29, 0.717) is 36.2 Å². The summed E-state index contributed by atoms with van der Waals surface area (Å²) in [7, 11) is 6.47. The SMILES string of the molecule is COc1cc(COc2cccc(OCc3ccc(OC)c(OC)c3)c2)cc(OC)c1. The van der Waals surface area contributed by atoms with Gasteiger partial charge in [-0.15, -0.1) is 0 Å². The minimum atomic E-state index is 0.382. The highest BCUT2D eigenvalue weighted by Gasteiger charge is 2.07. The van der Waals surface area contributed by atoms with Crippen LogP contribution in [0.25, 0.3) is 0 Å². The second-order valence-electron chi connectivity index (χ2n) is 6.46. The maximum Gasteiger partial charge on any atom is 0.161 e. The Morgan fingerprint density at radius 1 is 0.500 bits per heavy atom. The van der Waals surface area contributed by atoms with Crippen LogP contribution in [-0.2, 0) is 13.2 Å². The van der Waals surface area contributed by atoms with Crippen LogP contribution < -0.4 is 28.4 Å². The zero-order valence-corrected chi connectivity index (χ0v) is 17.6. The van der Waals surface area contributed by atoms with Crippen molar-refractivity contribution < 1.29 is 28.4 Å². The van der Waals surface area contributed by atoms with Crippen LogP contribution >= 0.6 is 0 Å². The quantitative estimate of drug-likeness (QED) is 0.475. The van der Waals surface area contributed by atoms with Crippen molar-refractivity contribution in [2.75, 3.05) is 28.4 Å². The molecule has 158 valence electrons. The monoisotopic (exact) mass is 410 g/mol. The van der Waals surface area contributed by atoms with E-state index in [9.17, 15) is 0 Å². The molecule has 0 spiro atoms. The van der Waals surface area contributed by atoms with Gasteiger partial charge < -0.3 is 28.4 Å². The second kappa shape index (κ2) is 10.3. The van der Waals surface area contributed by atoms with Crippen molar-refractivity contribution in [3.05, 3.63) is 71.8 Å². The fraction of sp³-hybridized carbons (Fsp3) is 0.250. The molecule has 0 unspecified atom stereocenters. The number of hydrogen-bond donors (Lipinski definition) is 0. The summed E-state index contributed by atoms with van der Waals surface area (Å²) in [6.45, 7) is 0.781. The average Bonchev–Trinajstić information content (AvgIpc) is 2.81. The van der Waals surface area contributed by atoms with E-state index in [1.54, 1.807) is 28.4 Å². The van der Waals surface area contributed by atoms with Gasteiger partial charge in [0.15, 0.2) is 11.5 Å². The Bertz CT molecular complexity index is 947. The van der Waals surface area contributed by atoms with Crippen LogP contribution in [0.1, 0.15) is 11.1 Å². The van der Waals surface area contributed by atoms with Gasteiger partial charge in [-0.2, -0.15) is 0 Å². The smallest absolute Gasteiger partial charge is 0.161 e. The number of benzene rings is 3. The van der Waals surface area contributed by atoms with Gasteiger partial charge in [0.25, 0.3) is 0 Å². The van der Waals surface area contributed by atoms with Gasteiger partial charge in [-0.05, 0) is 47.5 Å². The van der Waals surface area contributed by atoms with Crippen molar-refractivity contribution in [2.45, 2.75) is 13.2 Å². The summed E-state index contributed by atoms with van der Waals surface area (Å²) in [5, 5.41) is 0. The molecule has 0 aliphatic carbocycles. The summed E-state index contributed by atoms with van der Waals surface area (Å²) in [6, 6.07) is 18.9. The molecule has 0 heterocycles. The Morgan fingerprint density at radius 2 is 1.07 bits per heavy atom. The Morgan fingerprint density at radius 3 is 1.63 bits per heavy atom. The maximum absolute atomic E-state index is 5.92. The van der Waals surface area contributed by atoms with Crippen molar-refractivity contribution in [2.24, 2.45) is 0 Å². The van der Waals surface area contributed by atoms with Gasteiger partial charge in [-0.1, -0.05) is 12.1 Å². The second-order valence-corrected chi connectivity index (χ2v) is 6.46. The standard InChI is InChI=1S/C24H26O6/c1-25-21-10-18(11-22(14-21)26-2)16-30-20-7-5-6-19(13-20)29-15-17-8-9-23(27-3)24(12-17)28-4/h5-14H,15-16H2,1-4H3. The highest BCUT2D eigenvalue weighted by molar-refractivity contribution is 5.43. The van der Waals surface area contributed by atoms with E-state index in [0.717, 1.165) is 22.6 Å². The van der Waals surface area contributed by atoms with Crippen molar-refractivity contribution in [3.8, 4) is 34.5 Å². The van der Waals surface area contributed by atoms with Crippen LogP contribution in [0.4, 0.5) is 0 Å². The molecule has 3 aromatic rings. The molecule has 0 bridgehead atoms. The first-order valence-electron chi connectivity index (χ1n) is 9.43. The Kier molecular flexibility index (Phi) is 7.27. The number of methoxy groups -OCH3 is 4. The van der Waals surface area contributed by atoms with Crippen LogP contribution in [0.15, 0.2) is 60.7 Å². The van der Waals surface area contributed by atoms with Crippen molar-refractivity contribution >= 4 is 0 Å². The summed E-state index contributed by atoms with van der Waals surface area (Å²) in [4.78, 5) is 0. The fourth-order valence-electron chi connectivity index (χ4n) is 2.91. The first kappa shape index (κ1) is 21.2. The summed E-state index contributed by atoms with van der Waals surface area (Å²) in [5.41, 5.74) is 1.92. The van der Waals surface area contributed by atoms with Crippen LogP contribution in [-0.4, -0.2) is 28.4 Å². The highest BCUT2D eigenvalue weighted by Crippen LogP contribution is 2.29. The molecule has 3 rings (SSSR count). The molecule has 0 aliphatic rings. The molecule has 0 saturated carbocycles. The number of ether oxygens (including phenoxy) is 6. The zero-order chi connectivity index (χ0) is 21.3. The first-order valence-corrected chi connectivity index (χ1v) is 9.43. The van der Waals surface area contributed by atoms with Crippen LogP contribution in [0, 0.1) is 0 Å². The largest absolute Gasteiger partial charge is 0.497 e. The van der Waals surface area contributed by atoms with Crippen molar-refractivity contribution in [1.82, 2.24) is 0 Å². The molecule has 0 fully saturated rings. The summed E-state index contributed by atoms with van der Waals surface area (Å²) in [5.74, 6) is 4.22. The normalized spacial score (nSPS) is 10.3. The van der Waals surface area contributed by atoms with Gasteiger partial charge >= 0.3 is 0 Å². The summed E-state index contributed by atoms with van der Waals surface area (Å²) in [6.07, 6.45) is 0. The average molecular weight is 410 g/mol. The minimum absolute atomic E-state index is 0.382. The lowest BCUT2D eigenvalue weighted by molar-refractivity contribution is 0.288. The summed E-state index contributed by atoms with van der Waals surface area (Å²) >= 11 is 0. The molecule has 30 heavy (non-hydrogen) atoms. The fourth-order valence-corrected chi connectivity index (χ4v) is 2.91. The highest BCUT2D eigenvalue weighted by atomic mass is 16.5. The van der Waals surface area contributed by atoms with Gasteiger partial charge in [0.05, 0.1) is 28.4 Å². The molecule has 6 nitrogen and oxygen atoms in total. The van der Waals surface area contributed by atoms with Gasteiger partial charge in [-0.25, -0.2) is 0 Å². The lowest BCUT2D eigenvalue weighted by Crippen LogP contribution is -1.99. The third-order valence-electron chi connectivity index (χ3n) is 4.48. The molecule has 6 heteroatoms. The third kappa shape index (κ3) is 5.50. The first-order chi connectivity index (χ1) is 14.6. The van der Waals surface area contributed by atoms with Gasteiger partial charge in [0, 0.05) is 12.1 Å². The van der Waals surface area contributed by atoms with E-state index in [4.69, 9.17) is 28.4 Å². The third-order valence-corrected chi connectivity index (χ3v) is 4.48. The molecule has 0 atom stereocenters. The van der Waals surface area contributed by atoms with Gasteiger partial charge in [0.1, 0.15) is 36.2 Å². The van der Waals surface area contributed by atoms with E-state index >= 15 is 0 Å². The Hall–Kier alpha value is -3.54. The van der Waals surface area contributed by atoms with E-state index in [2.05, 4.69) is 0 Å². The predicted octanol–water partition coefficient (Wildman–Crippen LogP) is 4.88. The molecule has 0 aliphatic heterocycles. The molecule has 0 amide bonds. The molecule has 0 aromatic heterocycles. The molecule has 0 N–H and O–H groups in total. The van der Waals surface area contributed by atoms with E-state index in [1.807, 2.05) is 60.7 Å². The number of hydrogen-bond acceptors (Lipinski definition) is 6. The Balaban J connectivity index is 1.62. The van der Waals surface area contributed by atoms with E-state index in [-0.39, 0.29) is 0 Å². The van der Waals surface area contributed by atoms with Crippen LogP contribution in [0.5, 0.6) is 34.5 Å². The van der Waals surface area contributed by atoms with E-state index < -0.39 is 0 Å². The van der Waals surface area contributed by atoms with Crippen LogP contribution in [0.2, 0.25) is 0 Å². The lowest BCUT2D eigenvalue weighted by Gasteiger charge is -2.12. The van der Waals surface area contributed by atoms with Gasteiger partial charge in [-0.3, -0.25) is 0 Å². The molecular weight excluding hydrogens is 384 g/mol. The Labute approximate surface area is 176 Å². The zero-order valence-electron chi connectivity index (χ0n) is 17.6. The predicted molar refractivity (Wildman–Crippen MR) is 114 cm³/mol.